The van der Waals surface area contributed by atoms with Crippen molar-refractivity contribution in [3.63, 3.8) is 0 Å². The lowest BCUT2D eigenvalue weighted by Gasteiger charge is -2.36. The van der Waals surface area contributed by atoms with E-state index in [4.69, 9.17) is 18.9 Å². The highest BCUT2D eigenvalue weighted by atomic mass is 16.7. The van der Waals surface area contributed by atoms with Crippen LogP contribution in [0.4, 0.5) is 5.69 Å². The number of carbonyl (C=O) groups excluding carboxylic acids is 1. The van der Waals surface area contributed by atoms with Gasteiger partial charge in [0, 0.05) is 22.0 Å². The molecule has 0 saturated carbocycles. The third-order valence-electron chi connectivity index (χ3n) is 5.47. The zero-order valence-corrected chi connectivity index (χ0v) is 18.0. The molecule has 0 aliphatic carbocycles. The largest absolute Gasteiger partial charge is 0.497 e. The van der Waals surface area contributed by atoms with Crippen LogP contribution in [0.25, 0.3) is 10.8 Å². The fourth-order valence-electron chi connectivity index (χ4n) is 3.63. The summed E-state index contributed by atoms with van der Waals surface area (Å²) in [7, 11) is 1.63. The normalized spacial score (nSPS) is 20.9. The molecule has 4 rings (SSSR count). The number of hydrogen-bond acceptors (Lipinski definition) is 5. The van der Waals surface area contributed by atoms with Crippen LogP contribution in [0, 0.1) is 5.41 Å². The van der Waals surface area contributed by atoms with Crippen LogP contribution in [0.1, 0.15) is 25.7 Å². The van der Waals surface area contributed by atoms with E-state index >= 15 is 0 Å². The quantitative estimate of drug-likeness (QED) is 0.611. The fraction of sp³-hybridized carbons (Fsp3) is 0.320. The van der Waals surface area contributed by atoms with Gasteiger partial charge in [0.05, 0.1) is 32.3 Å². The van der Waals surface area contributed by atoms with E-state index < -0.39 is 11.7 Å². The molecule has 6 heteroatoms. The molecule has 1 amide bonds. The molecule has 0 atom stereocenters. The number of rotatable bonds is 6. The van der Waals surface area contributed by atoms with Crippen molar-refractivity contribution >= 4 is 22.4 Å². The molecule has 1 saturated heterocycles. The van der Waals surface area contributed by atoms with E-state index in [0.717, 1.165) is 33.5 Å². The van der Waals surface area contributed by atoms with Gasteiger partial charge in [0.1, 0.15) is 11.5 Å². The van der Waals surface area contributed by atoms with Crippen molar-refractivity contribution in [3.05, 3.63) is 66.2 Å². The molecule has 0 unspecified atom stereocenters. The second-order valence-electron chi connectivity index (χ2n) is 7.83. The highest BCUT2D eigenvalue weighted by Crippen LogP contribution is 2.35. The summed E-state index contributed by atoms with van der Waals surface area (Å²) in [6, 6.07) is 19.2. The first-order chi connectivity index (χ1) is 15.0. The van der Waals surface area contributed by atoms with Gasteiger partial charge in [0.2, 0.25) is 5.91 Å². The van der Waals surface area contributed by atoms with Crippen molar-refractivity contribution < 1.29 is 23.7 Å². The summed E-state index contributed by atoms with van der Waals surface area (Å²) in [5.74, 6) is 1.43. The van der Waals surface area contributed by atoms with Gasteiger partial charge >= 0.3 is 0 Å². The molecular formula is C25H27NO5. The number of nitrogens with one attached hydrogen (secondary N) is 1. The number of carbonyl (C=O) groups is 1. The summed E-state index contributed by atoms with van der Waals surface area (Å²) in [5, 5.41) is 4.95. The summed E-state index contributed by atoms with van der Waals surface area (Å²) >= 11 is 0. The zero-order valence-electron chi connectivity index (χ0n) is 18.0. The van der Waals surface area contributed by atoms with Crippen LogP contribution in [0.15, 0.2) is 60.7 Å². The van der Waals surface area contributed by atoms with Crippen LogP contribution < -0.4 is 14.8 Å². The van der Waals surface area contributed by atoms with E-state index in [0.29, 0.717) is 6.61 Å². The zero-order chi connectivity index (χ0) is 21.8. The van der Waals surface area contributed by atoms with Gasteiger partial charge in [0.25, 0.3) is 0 Å². The predicted molar refractivity (Wildman–Crippen MR) is 119 cm³/mol. The summed E-state index contributed by atoms with van der Waals surface area (Å²) in [6.07, 6.45) is -0.502. The Morgan fingerprint density at radius 3 is 2.35 bits per heavy atom. The summed E-state index contributed by atoms with van der Waals surface area (Å²) in [6.45, 7) is 4.89. The Kier molecular flexibility index (Phi) is 6.11. The number of methoxy groups -OCH3 is 1. The molecule has 0 radical (unpaired) electrons. The Morgan fingerprint density at radius 1 is 1.03 bits per heavy atom. The van der Waals surface area contributed by atoms with E-state index in [1.807, 2.05) is 74.5 Å². The molecule has 1 aliphatic rings. The maximum atomic E-state index is 13.2. The van der Waals surface area contributed by atoms with Crippen LogP contribution in [0.2, 0.25) is 0 Å². The van der Waals surface area contributed by atoms with Crippen LogP contribution in [-0.2, 0) is 14.3 Å². The van der Waals surface area contributed by atoms with Crippen LogP contribution in [-0.4, -0.2) is 32.8 Å². The summed E-state index contributed by atoms with van der Waals surface area (Å²) in [4.78, 5) is 13.2. The van der Waals surface area contributed by atoms with Gasteiger partial charge in [-0.15, -0.1) is 0 Å². The van der Waals surface area contributed by atoms with Crippen LogP contribution >= 0.6 is 0 Å². The second kappa shape index (κ2) is 8.96. The predicted octanol–water partition coefficient (Wildman–Crippen LogP) is 4.94. The van der Waals surface area contributed by atoms with Crippen molar-refractivity contribution in [1.29, 1.82) is 0 Å². The molecular weight excluding hydrogens is 394 g/mol. The minimum atomic E-state index is -0.803. The third kappa shape index (κ3) is 4.36. The SMILES string of the molecule is CCOc1ccc(NC(=O)C2(C)COC(c3ccc(OC)cc3)OC2)c2ccccc12. The van der Waals surface area contributed by atoms with Crippen molar-refractivity contribution in [1.82, 2.24) is 0 Å². The van der Waals surface area contributed by atoms with Gasteiger partial charge in [-0.05, 0) is 38.1 Å². The smallest absolute Gasteiger partial charge is 0.235 e. The van der Waals surface area contributed by atoms with Crippen molar-refractivity contribution in [3.8, 4) is 11.5 Å². The van der Waals surface area contributed by atoms with E-state index in [2.05, 4.69) is 5.32 Å². The lowest BCUT2D eigenvalue weighted by molar-refractivity contribution is -0.226. The van der Waals surface area contributed by atoms with Gasteiger partial charge in [-0.1, -0.05) is 36.4 Å². The number of benzene rings is 3. The van der Waals surface area contributed by atoms with E-state index in [-0.39, 0.29) is 19.1 Å². The number of anilines is 1. The lowest BCUT2D eigenvalue weighted by Crippen LogP contribution is -2.45. The molecule has 1 fully saturated rings. The Balaban J connectivity index is 1.47. The first kappa shape index (κ1) is 21.2. The van der Waals surface area contributed by atoms with Gasteiger partial charge in [-0.25, -0.2) is 0 Å². The molecule has 0 bridgehead atoms. The minimum absolute atomic E-state index is 0.144. The highest BCUT2D eigenvalue weighted by molar-refractivity contribution is 6.05. The summed E-state index contributed by atoms with van der Waals surface area (Å²) < 4.78 is 22.7. The molecule has 31 heavy (non-hydrogen) atoms. The maximum Gasteiger partial charge on any atom is 0.235 e. The van der Waals surface area contributed by atoms with Gasteiger partial charge in [0.15, 0.2) is 6.29 Å². The number of amides is 1. The van der Waals surface area contributed by atoms with Crippen LogP contribution in [0.5, 0.6) is 11.5 Å². The first-order valence-electron chi connectivity index (χ1n) is 10.4. The molecule has 3 aromatic carbocycles. The molecule has 1 N–H and O–H groups in total. The summed E-state index contributed by atoms with van der Waals surface area (Å²) in [5.41, 5.74) is 0.825. The third-order valence-corrected chi connectivity index (χ3v) is 5.47. The van der Waals surface area contributed by atoms with Crippen LogP contribution in [0.3, 0.4) is 0 Å². The van der Waals surface area contributed by atoms with Gasteiger partial charge in [-0.2, -0.15) is 0 Å². The lowest BCUT2D eigenvalue weighted by atomic mass is 9.90. The highest BCUT2D eigenvalue weighted by Gasteiger charge is 2.40. The standard InChI is InChI=1S/C25H27NO5/c1-4-29-22-14-13-21(19-7-5-6-8-20(19)22)26-24(27)25(2)15-30-23(31-16-25)17-9-11-18(28-3)12-10-17/h5-14,23H,4,15-16H2,1-3H3,(H,26,27). The minimum Gasteiger partial charge on any atom is -0.497 e. The average Bonchev–Trinajstić information content (AvgIpc) is 2.81. The average molecular weight is 421 g/mol. The van der Waals surface area contributed by atoms with E-state index in [1.165, 1.54) is 0 Å². The van der Waals surface area contributed by atoms with Gasteiger partial charge in [-0.3, -0.25) is 4.79 Å². The molecule has 1 heterocycles. The Morgan fingerprint density at radius 2 is 1.71 bits per heavy atom. The molecule has 162 valence electrons. The Labute approximate surface area is 182 Å². The van der Waals surface area contributed by atoms with Gasteiger partial charge < -0.3 is 24.3 Å². The molecule has 0 aromatic heterocycles. The van der Waals surface area contributed by atoms with Crippen molar-refractivity contribution in [2.75, 3.05) is 32.2 Å². The topological polar surface area (TPSA) is 66.0 Å². The van der Waals surface area contributed by atoms with Crippen molar-refractivity contribution in [2.24, 2.45) is 5.41 Å². The number of hydrogen-bond donors (Lipinski definition) is 1. The maximum absolute atomic E-state index is 13.2. The number of fused-ring (bicyclic) bond motifs is 1. The second-order valence-corrected chi connectivity index (χ2v) is 7.83. The number of ether oxygens (including phenoxy) is 4. The molecule has 0 spiro atoms. The fourth-order valence-corrected chi connectivity index (χ4v) is 3.63. The monoisotopic (exact) mass is 421 g/mol. The van der Waals surface area contributed by atoms with E-state index in [9.17, 15) is 4.79 Å². The Bertz CT molecular complexity index is 1060. The van der Waals surface area contributed by atoms with Crippen molar-refractivity contribution in [2.45, 2.75) is 20.1 Å². The van der Waals surface area contributed by atoms with E-state index in [1.54, 1.807) is 7.11 Å². The molecule has 6 nitrogen and oxygen atoms in total. The molecule has 3 aromatic rings. The first-order valence-corrected chi connectivity index (χ1v) is 10.4. The molecule has 1 aliphatic heterocycles. The Hall–Kier alpha value is -3.09.